The highest BCUT2D eigenvalue weighted by molar-refractivity contribution is 6.80. The van der Waals surface area contributed by atoms with Crippen LogP contribution in [0.4, 0.5) is 23.2 Å². The number of nitriles is 3. The average molecular weight is 1680 g/mol. The number of aliphatic hydroxyl groups excluding tert-OH is 6. The topological polar surface area (TPSA) is 474 Å². The van der Waals surface area contributed by atoms with E-state index < -0.39 is 114 Å². The standard InChI is InChI=1S/C42H32B3N3O10.C21H20B3F3O7.C14H10BNO3.C7H6BFO2.2H2O/c46-22-28-1-7-34(8-2-28)54-37-13-16-40(31(19-37)25-49)43(52)57-45(42-18-15-39(21-33(42)27-51)56-36-11-5-30(24-48)6-12-36)58-44(53)41-17-14-38(20-32(41)26-50)55-35-9-3-29(23-47)4-10-35;25-16-1-4-19(13(7-16)10-28)22(31)33-24(21-6-3-18(27)9-15(21)12-30)34-23(32)20-5-2-17(26)8-14(20)11-29;1-16-11-2-4-12(5-3-11)19-13-6-7-14-10(8-13)9-18-15(14)17;9-6-1-2-7-5(3-6)4-11-8(7)10;;/h1-21,49-53H,25-27H2;1-9,28-32H,10-12H2;2-8,17H,9H2;1-3,10H,4H2;2*1H2. The molecular weight excluding hydrogens is 1610 g/mol. The summed E-state index contributed by atoms with van der Waals surface area (Å²) in [4.78, 5) is 3.32. The first-order chi connectivity index (χ1) is 59.0. The van der Waals surface area contributed by atoms with Gasteiger partial charge >= 0.3 is 56.9 Å². The van der Waals surface area contributed by atoms with E-state index in [1.54, 1.807) is 133 Å². The van der Waals surface area contributed by atoms with E-state index in [1.807, 2.05) is 24.3 Å². The summed E-state index contributed by atoms with van der Waals surface area (Å²) in [6.45, 7) is 4.13. The van der Waals surface area contributed by atoms with Crippen LogP contribution in [0.3, 0.4) is 0 Å². The quantitative estimate of drug-likeness (QED) is 0.0190. The van der Waals surface area contributed by atoms with E-state index in [1.165, 1.54) is 66.7 Å². The minimum atomic E-state index is -1.80. The van der Waals surface area contributed by atoms with Gasteiger partial charge in [0, 0.05) is 0 Å². The molecule has 12 aromatic rings. The lowest BCUT2D eigenvalue weighted by atomic mass is 9.65. The third-order valence-electron chi connectivity index (χ3n) is 18.7. The molecule has 0 bridgehead atoms. The third-order valence-corrected chi connectivity index (χ3v) is 18.7. The fourth-order valence-corrected chi connectivity index (χ4v) is 12.4. The molecule has 0 spiro atoms. The van der Waals surface area contributed by atoms with Crippen molar-refractivity contribution in [2.24, 2.45) is 0 Å². The molecular formula is C84H72B8F4N4O24. The van der Waals surface area contributed by atoms with E-state index in [2.05, 4.69) is 4.85 Å². The molecule has 40 heteroatoms. The van der Waals surface area contributed by atoms with Gasteiger partial charge < -0.3 is 118 Å². The van der Waals surface area contributed by atoms with Crippen molar-refractivity contribution in [1.82, 2.24) is 0 Å². The second-order valence-corrected chi connectivity index (χ2v) is 26.6. The van der Waals surface area contributed by atoms with Gasteiger partial charge in [-0.2, -0.15) is 15.8 Å². The molecule has 16 N–H and O–H groups in total. The Morgan fingerprint density at radius 2 is 0.573 bits per heavy atom. The first-order valence-corrected chi connectivity index (χ1v) is 37.0. The van der Waals surface area contributed by atoms with Gasteiger partial charge in [-0.3, -0.25) is 0 Å². The van der Waals surface area contributed by atoms with Gasteiger partial charge in [0.15, 0.2) is 5.69 Å². The zero-order valence-corrected chi connectivity index (χ0v) is 65.1. The number of nitrogens with zero attached hydrogens (tertiary/aromatic N) is 4. The van der Waals surface area contributed by atoms with E-state index in [0.717, 1.165) is 53.0 Å². The van der Waals surface area contributed by atoms with E-state index >= 15 is 0 Å². The Bertz CT molecular complexity index is 5620. The molecule has 0 unspecified atom stereocenters. The van der Waals surface area contributed by atoms with Crippen LogP contribution >= 0.6 is 0 Å². The molecule has 28 nitrogen and oxygen atoms in total. The van der Waals surface area contributed by atoms with Crippen LogP contribution in [-0.2, 0) is 80.5 Å². The number of hydrogen-bond donors (Lipinski definition) is 12. The maximum atomic E-state index is 13.7. The van der Waals surface area contributed by atoms with Gasteiger partial charge in [0.2, 0.25) is 0 Å². The monoisotopic (exact) mass is 1680 g/mol. The van der Waals surface area contributed by atoms with Crippen LogP contribution in [0.5, 0.6) is 46.0 Å². The molecule has 0 atom stereocenters. The van der Waals surface area contributed by atoms with Gasteiger partial charge in [0.05, 0.1) is 94.3 Å². The van der Waals surface area contributed by atoms with Crippen LogP contribution in [-0.4, -0.2) is 129 Å². The van der Waals surface area contributed by atoms with Crippen LogP contribution in [0.2, 0.25) is 0 Å². The number of aliphatic hydroxyl groups is 6. The molecule has 2 heterocycles. The smallest absolute Gasteiger partial charge is 0.457 e. The number of halogens is 4. The second kappa shape index (κ2) is 45.9. The predicted molar refractivity (Wildman–Crippen MR) is 451 cm³/mol. The summed E-state index contributed by atoms with van der Waals surface area (Å²) in [5, 5.41) is 150. The van der Waals surface area contributed by atoms with E-state index in [4.69, 9.17) is 73.9 Å². The van der Waals surface area contributed by atoms with Crippen LogP contribution < -0.4 is 62.6 Å². The van der Waals surface area contributed by atoms with Crippen molar-refractivity contribution in [3.63, 3.8) is 0 Å². The summed E-state index contributed by atoms with van der Waals surface area (Å²) in [5.74, 6) is 1.37. The van der Waals surface area contributed by atoms with E-state index in [-0.39, 0.29) is 82.9 Å². The van der Waals surface area contributed by atoms with Crippen LogP contribution in [0.25, 0.3) is 4.85 Å². The molecule has 2 aliphatic heterocycles. The Morgan fingerprint density at radius 1 is 0.331 bits per heavy atom. The van der Waals surface area contributed by atoms with Gasteiger partial charge in [0.1, 0.15) is 69.3 Å². The minimum absolute atomic E-state index is 0. The van der Waals surface area contributed by atoms with Gasteiger partial charge in [-0.25, -0.2) is 22.4 Å². The first-order valence-electron chi connectivity index (χ1n) is 37.0. The van der Waals surface area contributed by atoms with Crippen molar-refractivity contribution < 1.29 is 136 Å². The molecule has 2 aliphatic rings. The van der Waals surface area contributed by atoms with Crippen molar-refractivity contribution in [3.05, 3.63) is 339 Å². The lowest BCUT2D eigenvalue weighted by molar-refractivity contribution is 0.274. The Hall–Kier alpha value is -12.8. The highest BCUT2D eigenvalue weighted by Gasteiger charge is 2.39. The molecule has 0 aliphatic carbocycles. The summed E-state index contributed by atoms with van der Waals surface area (Å²) in [6.07, 6.45) is 0. The maximum Gasteiger partial charge on any atom is 0.491 e. The summed E-state index contributed by atoms with van der Waals surface area (Å²) < 4.78 is 110. The number of fused-ring (bicyclic) bond motifs is 2. The van der Waals surface area contributed by atoms with Gasteiger partial charge in [-0.05, 0) is 270 Å². The summed E-state index contributed by atoms with van der Waals surface area (Å²) >= 11 is 0. The Balaban J connectivity index is 0.000000219. The first kappa shape index (κ1) is 95.1. The van der Waals surface area contributed by atoms with E-state index in [9.17, 15) is 73.3 Å². The highest BCUT2D eigenvalue weighted by atomic mass is 19.1. The lowest BCUT2D eigenvalue weighted by Crippen LogP contribution is -2.53. The Morgan fingerprint density at radius 3 is 0.903 bits per heavy atom. The zero-order valence-electron chi connectivity index (χ0n) is 65.1. The number of benzene rings is 12. The normalized spacial score (nSPS) is 11.2. The molecule has 0 amide bonds. The van der Waals surface area contributed by atoms with Crippen LogP contribution in [0, 0.1) is 63.8 Å². The molecule has 0 saturated heterocycles. The lowest BCUT2D eigenvalue weighted by Gasteiger charge is -2.23. The molecule has 124 heavy (non-hydrogen) atoms. The molecule has 0 aromatic heterocycles. The Kier molecular flexibility index (Phi) is 35.2. The highest BCUT2D eigenvalue weighted by Crippen LogP contribution is 2.29. The van der Waals surface area contributed by atoms with Crippen LogP contribution in [0.15, 0.2) is 243 Å². The van der Waals surface area contributed by atoms with Crippen molar-refractivity contribution in [1.29, 1.82) is 15.8 Å². The zero-order chi connectivity index (χ0) is 86.9. The molecule has 0 fully saturated rings. The van der Waals surface area contributed by atoms with Crippen LogP contribution in [0.1, 0.15) is 61.2 Å². The fraction of sp³-hybridized carbons (Fsp3) is 0.0952. The summed E-state index contributed by atoms with van der Waals surface area (Å²) in [6, 6.07) is 65.4. The molecule has 14 rings (SSSR count). The van der Waals surface area contributed by atoms with Gasteiger partial charge in [-0.1, -0.05) is 60.7 Å². The second-order valence-electron chi connectivity index (χ2n) is 26.6. The number of ether oxygens (including phenoxy) is 4. The van der Waals surface area contributed by atoms with Crippen molar-refractivity contribution >= 4 is 106 Å². The van der Waals surface area contributed by atoms with Gasteiger partial charge in [0.25, 0.3) is 0 Å². The molecule has 0 saturated carbocycles. The SMILES string of the molecule is N#Cc1ccc(Oc2ccc(B(O)OB(OB(O)c3ccc(Oc4ccc(C#N)cc4)cc3CO)c3ccc(Oc4ccc(C#N)cc4)cc3CO)c(CO)c2)cc1.O.O.OB1OCc2cc(F)ccc21.OCc1cc(F)ccc1B(O)OB(OB(O)c1ccc(F)cc1CO)c1ccc(F)cc1CO.[C-]#[N+]c1ccc(Oc2ccc3c(c2)COB3O)cc1. The Labute approximate surface area is 710 Å². The minimum Gasteiger partial charge on any atom is -0.457 e. The largest absolute Gasteiger partial charge is 0.491 e. The number of hydrogen-bond acceptors (Lipinski definition) is 25. The summed E-state index contributed by atoms with van der Waals surface area (Å²) in [5.41, 5.74) is 6.39. The van der Waals surface area contributed by atoms with E-state index in [0.29, 0.717) is 87.1 Å². The summed E-state index contributed by atoms with van der Waals surface area (Å²) in [7, 11) is -12.0. The third kappa shape index (κ3) is 25.2. The molecule has 12 aromatic carbocycles. The van der Waals surface area contributed by atoms with Crippen molar-refractivity contribution in [2.45, 2.75) is 52.9 Å². The molecule has 624 valence electrons. The number of rotatable bonds is 28. The van der Waals surface area contributed by atoms with Crippen molar-refractivity contribution in [3.8, 4) is 64.2 Å². The molecule has 0 radical (unpaired) electrons. The maximum absolute atomic E-state index is 13.7. The fourth-order valence-electron chi connectivity index (χ4n) is 12.4. The predicted octanol–water partition coefficient (Wildman–Crippen LogP) is 3.39. The van der Waals surface area contributed by atoms with Gasteiger partial charge in [-0.15, -0.1) is 0 Å². The average Bonchev–Trinajstić information content (AvgIpc) is 1.09. The van der Waals surface area contributed by atoms with Crippen molar-refractivity contribution in [2.75, 3.05) is 0 Å².